The van der Waals surface area contributed by atoms with Crippen molar-refractivity contribution in [3.8, 4) is 28.0 Å². The second-order valence-electron chi connectivity index (χ2n) is 8.62. The summed E-state index contributed by atoms with van der Waals surface area (Å²) < 4.78 is 13.4. The molecule has 0 aliphatic heterocycles. The van der Waals surface area contributed by atoms with Crippen molar-refractivity contribution in [2.24, 2.45) is 0 Å². The Balaban J connectivity index is 1.78. The van der Waals surface area contributed by atoms with Crippen molar-refractivity contribution in [3.05, 3.63) is 83.8 Å². The summed E-state index contributed by atoms with van der Waals surface area (Å²) in [6.45, 7) is 8.14. The molecule has 0 aliphatic rings. The lowest BCUT2D eigenvalue weighted by atomic mass is 10.00. The Morgan fingerprint density at radius 2 is 1.97 bits per heavy atom. The van der Waals surface area contributed by atoms with E-state index in [4.69, 9.17) is 14.2 Å². The molecule has 5 rings (SSSR count). The number of hydrogen-bond acceptors (Lipinski definition) is 6. The molecular formula is C28H26N4O4. The molecule has 1 aromatic carbocycles. The zero-order chi connectivity index (χ0) is 25.4. The van der Waals surface area contributed by atoms with E-state index in [0.717, 1.165) is 50.4 Å². The van der Waals surface area contributed by atoms with Crippen LogP contribution in [0.2, 0.25) is 0 Å². The number of carbonyl (C=O) groups is 1. The highest BCUT2D eigenvalue weighted by molar-refractivity contribution is 5.99. The molecule has 8 nitrogen and oxygen atoms in total. The minimum atomic E-state index is -1.00. The molecule has 36 heavy (non-hydrogen) atoms. The molecule has 1 atom stereocenters. The SMILES string of the molecule is CCOc1cc(C(=O)O)ccc1-c1cn(C(C)c2ccccn2)c2ncc(-c3c(C)noc3C)cc12. The normalized spacial score (nSPS) is 12.1. The molecule has 4 aromatic heterocycles. The number of aryl methyl sites for hydroxylation is 2. The predicted molar refractivity (Wildman–Crippen MR) is 136 cm³/mol. The largest absolute Gasteiger partial charge is 0.493 e. The van der Waals surface area contributed by atoms with Crippen LogP contribution in [0.1, 0.15) is 47.4 Å². The van der Waals surface area contributed by atoms with Crippen LogP contribution in [0.25, 0.3) is 33.3 Å². The Kier molecular flexibility index (Phi) is 6.01. The fourth-order valence-corrected chi connectivity index (χ4v) is 4.59. The molecule has 1 unspecified atom stereocenters. The van der Waals surface area contributed by atoms with Crippen molar-refractivity contribution in [1.29, 1.82) is 0 Å². The van der Waals surface area contributed by atoms with Crippen molar-refractivity contribution < 1.29 is 19.2 Å². The third kappa shape index (κ3) is 4.00. The summed E-state index contributed by atoms with van der Waals surface area (Å²) in [5, 5.41) is 14.5. The number of carboxylic acids is 1. The van der Waals surface area contributed by atoms with Crippen LogP contribution in [0.15, 0.2) is 65.6 Å². The second-order valence-corrected chi connectivity index (χ2v) is 8.62. The number of nitrogens with zero attached hydrogens (tertiary/aromatic N) is 4. The fraction of sp³-hybridized carbons (Fsp3) is 0.214. The van der Waals surface area contributed by atoms with Gasteiger partial charge in [0.15, 0.2) is 0 Å². The summed E-state index contributed by atoms with van der Waals surface area (Å²) in [5.74, 6) is 0.220. The Hall–Kier alpha value is -4.46. The topological polar surface area (TPSA) is 103 Å². The molecule has 4 heterocycles. The molecule has 1 N–H and O–H groups in total. The Morgan fingerprint density at radius 3 is 2.64 bits per heavy atom. The summed E-state index contributed by atoms with van der Waals surface area (Å²) in [6, 6.07) is 12.8. The number of hydrogen-bond donors (Lipinski definition) is 1. The zero-order valence-corrected chi connectivity index (χ0v) is 20.5. The van der Waals surface area contributed by atoms with Crippen molar-refractivity contribution >= 4 is 17.0 Å². The molecule has 182 valence electrons. The molecule has 0 saturated carbocycles. The van der Waals surface area contributed by atoms with E-state index in [1.165, 1.54) is 0 Å². The van der Waals surface area contributed by atoms with Crippen molar-refractivity contribution in [1.82, 2.24) is 19.7 Å². The molecule has 5 aromatic rings. The first-order valence-corrected chi connectivity index (χ1v) is 11.7. The van der Waals surface area contributed by atoms with Crippen LogP contribution in [0.5, 0.6) is 5.75 Å². The van der Waals surface area contributed by atoms with E-state index in [9.17, 15) is 9.90 Å². The minimum absolute atomic E-state index is 0.0892. The molecule has 0 fully saturated rings. The van der Waals surface area contributed by atoms with Gasteiger partial charge in [-0.2, -0.15) is 0 Å². The first-order chi connectivity index (χ1) is 17.4. The van der Waals surface area contributed by atoms with E-state index in [1.807, 2.05) is 51.4 Å². The molecule has 0 radical (unpaired) electrons. The number of carboxylic acid groups (broad SMARTS) is 1. The van der Waals surface area contributed by atoms with E-state index in [1.54, 1.807) is 24.4 Å². The van der Waals surface area contributed by atoms with Gasteiger partial charge in [-0.3, -0.25) is 4.98 Å². The maximum atomic E-state index is 11.6. The average Bonchev–Trinajstić information content (AvgIpc) is 3.43. The van der Waals surface area contributed by atoms with Gasteiger partial charge in [-0.25, -0.2) is 9.78 Å². The molecule has 0 bridgehead atoms. The van der Waals surface area contributed by atoms with Crippen LogP contribution in [0, 0.1) is 13.8 Å². The zero-order valence-electron chi connectivity index (χ0n) is 20.5. The van der Waals surface area contributed by atoms with Gasteiger partial charge in [0.1, 0.15) is 17.2 Å². The third-order valence-electron chi connectivity index (χ3n) is 6.34. The van der Waals surface area contributed by atoms with Crippen LogP contribution in [0.3, 0.4) is 0 Å². The lowest BCUT2D eigenvalue weighted by Crippen LogP contribution is -2.07. The number of benzene rings is 1. The summed E-state index contributed by atoms with van der Waals surface area (Å²) in [7, 11) is 0. The van der Waals surface area contributed by atoms with E-state index in [0.29, 0.717) is 12.4 Å². The van der Waals surface area contributed by atoms with E-state index >= 15 is 0 Å². The standard InChI is InChI=1S/C28H26N4O4/c1-5-35-25-13-19(28(33)34)9-10-21(25)23-15-32(17(3)24-8-6-7-11-29-24)27-22(23)12-20(14-30-27)26-16(2)31-36-18(26)4/h6-15,17H,5H2,1-4H3,(H,33,34). The maximum absolute atomic E-state index is 11.6. The van der Waals surface area contributed by atoms with Crippen LogP contribution >= 0.6 is 0 Å². The molecule has 0 aliphatic carbocycles. The Morgan fingerprint density at radius 1 is 1.14 bits per heavy atom. The molecule has 0 amide bonds. The number of fused-ring (bicyclic) bond motifs is 1. The summed E-state index contributed by atoms with van der Waals surface area (Å²) in [4.78, 5) is 21.0. The highest BCUT2D eigenvalue weighted by Gasteiger charge is 2.22. The van der Waals surface area contributed by atoms with Gasteiger partial charge >= 0.3 is 5.97 Å². The number of aromatic carboxylic acids is 1. The van der Waals surface area contributed by atoms with Crippen molar-refractivity contribution in [2.45, 2.75) is 33.7 Å². The van der Waals surface area contributed by atoms with E-state index in [-0.39, 0.29) is 11.6 Å². The third-order valence-corrected chi connectivity index (χ3v) is 6.34. The van der Waals surface area contributed by atoms with Gasteiger partial charge in [0, 0.05) is 46.2 Å². The maximum Gasteiger partial charge on any atom is 0.335 e. The summed E-state index contributed by atoms with van der Waals surface area (Å²) in [5.41, 5.74) is 6.12. The smallest absolute Gasteiger partial charge is 0.335 e. The number of aromatic nitrogens is 4. The first kappa shape index (κ1) is 23.3. The van der Waals surface area contributed by atoms with Gasteiger partial charge in [-0.05, 0) is 64.1 Å². The highest BCUT2D eigenvalue weighted by atomic mass is 16.5. The second kappa shape index (κ2) is 9.30. The van der Waals surface area contributed by atoms with E-state index in [2.05, 4.69) is 27.7 Å². The molecule has 0 saturated heterocycles. The fourth-order valence-electron chi connectivity index (χ4n) is 4.59. The lowest BCUT2D eigenvalue weighted by Gasteiger charge is -2.14. The van der Waals surface area contributed by atoms with Gasteiger partial charge in [-0.1, -0.05) is 11.2 Å². The minimum Gasteiger partial charge on any atom is -0.493 e. The Labute approximate surface area is 208 Å². The quantitative estimate of drug-likeness (QED) is 0.300. The lowest BCUT2D eigenvalue weighted by molar-refractivity contribution is 0.0696. The van der Waals surface area contributed by atoms with Crippen LogP contribution in [-0.2, 0) is 0 Å². The van der Waals surface area contributed by atoms with Gasteiger partial charge in [0.2, 0.25) is 0 Å². The van der Waals surface area contributed by atoms with Crippen LogP contribution in [-0.4, -0.2) is 37.4 Å². The molecular weight excluding hydrogens is 456 g/mol. The summed E-state index contributed by atoms with van der Waals surface area (Å²) in [6.07, 6.45) is 5.64. The number of pyridine rings is 2. The van der Waals surface area contributed by atoms with E-state index < -0.39 is 5.97 Å². The highest BCUT2D eigenvalue weighted by Crippen LogP contribution is 2.40. The van der Waals surface area contributed by atoms with Crippen molar-refractivity contribution in [2.75, 3.05) is 6.61 Å². The monoisotopic (exact) mass is 482 g/mol. The first-order valence-electron chi connectivity index (χ1n) is 11.7. The summed E-state index contributed by atoms with van der Waals surface area (Å²) >= 11 is 0. The van der Waals surface area contributed by atoms with Crippen LogP contribution < -0.4 is 4.74 Å². The molecule has 8 heteroatoms. The predicted octanol–water partition coefficient (Wildman–Crippen LogP) is 6.08. The van der Waals surface area contributed by atoms with Gasteiger partial charge in [0.05, 0.1) is 29.6 Å². The van der Waals surface area contributed by atoms with Crippen LogP contribution in [0.4, 0.5) is 0 Å². The Bertz CT molecular complexity index is 1550. The number of ether oxygens (including phenoxy) is 1. The van der Waals surface area contributed by atoms with Crippen molar-refractivity contribution in [3.63, 3.8) is 0 Å². The molecule has 0 spiro atoms. The number of rotatable bonds is 7. The van der Waals surface area contributed by atoms with Gasteiger partial charge < -0.3 is 18.9 Å². The van der Waals surface area contributed by atoms with Gasteiger partial charge in [0.25, 0.3) is 0 Å². The van der Waals surface area contributed by atoms with Gasteiger partial charge in [-0.15, -0.1) is 0 Å². The average molecular weight is 483 g/mol.